The third-order valence-corrected chi connectivity index (χ3v) is 1.77. The Bertz CT molecular complexity index is 379. The van der Waals surface area contributed by atoms with E-state index in [1.54, 1.807) is 19.1 Å². The van der Waals surface area contributed by atoms with Crippen LogP contribution in [-0.2, 0) is 9.53 Å². The molecule has 3 nitrogen and oxygen atoms in total. The average Bonchev–Trinajstić information content (AvgIpc) is 2.34. The van der Waals surface area contributed by atoms with E-state index in [2.05, 4.69) is 6.58 Å². The maximum Gasteiger partial charge on any atom is 0.337 e. The highest BCUT2D eigenvalue weighted by Crippen LogP contribution is 2.09. The Morgan fingerprint density at radius 1 is 1.38 bits per heavy atom. The Balaban J connectivity index is 2.51. The first kappa shape index (κ1) is 12.0. The first-order valence-corrected chi connectivity index (χ1v) is 4.90. The molecule has 0 aliphatic rings. The van der Waals surface area contributed by atoms with Crippen LogP contribution in [0.4, 0.5) is 0 Å². The van der Waals surface area contributed by atoms with Crippen LogP contribution < -0.4 is 4.74 Å². The standard InChI is InChI=1S/C13H14O3/c1-3-9-15-13(14)11(2)10-16-12-7-5-4-6-8-12/h3-8,10H,1,9H2,2H3. The summed E-state index contributed by atoms with van der Waals surface area (Å²) in [7, 11) is 0. The lowest BCUT2D eigenvalue weighted by molar-refractivity contribution is -0.137. The number of para-hydroxylation sites is 1. The highest BCUT2D eigenvalue weighted by Gasteiger charge is 2.04. The van der Waals surface area contributed by atoms with Crippen molar-refractivity contribution >= 4 is 5.97 Å². The molecular formula is C13H14O3. The SMILES string of the molecule is C=CCOC(=O)C(C)=COc1ccccc1. The summed E-state index contributed by atoms with van der Waals surface area (Å²) >= 11 is 0. The van der Waals surface area contributed by atoms with Crippen molar-refractivity contribution in [2.45, 2.75) is 6.92 Å². The lowest BCUT2D eigenvalue weighted by Crippen LogP contribution is -2.06. The molecule has 1 aromatic rings. The molecule has 0 fully saturated rings. The molecule has 84 valence electrons. The summed E-state index contributed by atoms with van der Waals surface area (Å²) in [6.07, 6.45) is 2.89. The molecule has 0 atom stereocenters. The predicted molar refractivity (Wildman–Crippen MR) is 62.0 cm³/mol. The van der Waals surface area contributed by atoms with Gasteiger partial charge in [0.15, 0.2) is 0 Å². The van der Waals surface area contributed by atoms with Crippen LogP contribution in [0.2, 0.25) is 0 Å². The lowest BCUT2D eigenvalue weighted by atomic mass is 10.3. The molecule has 0 aliphatic heterocycles. The van der Waals surface area contributed by atoms with Gasteiger partial charge in [-0.3, -0.25) is 0 Å². The Morgan fingerprint density at radius 3 is 2.69 bits per heavy atom. The van der Waals surface area contributed by atoms with Gasteiger partial charge in [-0.05, 0) is 19.1 Å². The molecule has 0 bridgehead atoms. The molecule has 0 heterocycles. The fourth-order valence-electron chi connectivity index (χ4n) is 0.952. The summed E-state index contributed by atoms with van der Waals surface area (Å²) in [6, 6.07) is 9.21. The molecule has 0 radical (unpaired) electrons. The number of carbonyl (C=O) groups is 1. The van der Waals surface area contributed by atoms with E-state index < -0.39 is 5.97 Å². The van der Waals surface area contributed by atoms with Crippen molar-refractivity contribution in [3.05, 3.63) is 54.8 Å². The first-order valence-electron chi connectivity index (χ1n) is 4.90. The van der Waals surface area contributed by atoms with Crippen molar-refractivity contribution in [1.82, 2.24) is 0 Å². The zero-order valence-electron chi connectivity index (χ0n) is 9.18. The van der Waals surface area contributed by atoms with Gasteiger partial charge < -0.3 is 9.47 Å². The highest BCUT2D eigenvalue weighted by molar-refractivity contribution is 5.87. The van der Waals surface area contributed by atoms with Crippen molar-refractivity contribution in [3.8, 4) is 5.75 Å². The van der Waals surface area contributed by atoms with E-state index in [1.807, 2.05) is 18.2 Å². The van der Waals surface area contributed by atoms with Crippen molar-refractivity contribution in [3.63, 3.8) is 0 Å². The summed E-state index contributed by atoms with van der Waals surface area (Å²) in [4.78, 5) is 11.3. The van der Waals surface area contributed by atoms with Gasteiger partial charge >= 0.3 is 5.97 Å². The minimum absolute atomic E-state index is 0.204. The van der Waals surface area contributed by atoms with Crippen LogP contribution in [0.3, 0.4) is 0 Å². The minimum atomic E-state index is -0.407. The largest absolute Gasteiger partial charge is 0.464 e. The Kier molecular flexibility index (Phi) is 4.86. The van der Waals surface area contributed by atoms with E-state index in [4.69, 9.17) is 9.47 Å². The second-order valence-electron chi connectivity index (χ2n) is 3.12. The fourth-order valence-corrected chi connectivity index (χ4v) is 0.952. The van der Waals surface area contributed by atoms with Crippen LogP contribution in [0.25, 0.3) is 0 Å². The molecule has 0 spiro atoms. The van der Waals surface area contributed by atoms with E-state index in [-0.39, 0.29) is 6.61 Å². The van der Waals surface area contributed by atoms with Crippen molar-refractivity contribution in [2.24, 2.45) is 0 Å². The first-order chi connectivity index (χ1) is 7.74. The van der Waals surface area contributed by atoms with Crippen molar-refractivity contribution in [1.29, 1.82) is 0 Å². The summed E-state index contributed by atoms with van der Waals surface area (Å²) in [5, 5.41) is 0. The smallest absolute Gasteiger partial charge is 0.337 e. The Hall–Kier alpha value is -2.03. The van der Waals surface area contributed by atoms with E-state index >= 15 is 0 Å². The highest BCUT2D eigenvalue weighted by atomic mass is 16.5. The maximum atomic E-state index is 11.3. The third kappa shape index (κ3) is 4.00. The molecule has 1 rings (SSSR count). The second-order valence-corrected chi connectivity index (χ2v) is 3.12. The van der Waals surface area contributed by atoms with Gasteiger partial charge in [0.2, 0.25) is 0 Å². The van der Waals surface area contributed by atoms with Crippen LogP contribution in [0, 0.1) is 0 Å². The van der Waals surface area contributed by atoms with Crippen LogP contribution in [0.15, 0.2) is 54.8 Å². The van der Waals surface area contributed by atoms with Crippen LogP contribution in [0.1, 0.15) is 6.92 Å². The van der Waals surface area contributed by atoms with Crippen molar-refractivity contribution in [2.75, 3.05) is 6.61 Å². The van der Waals surface area contributed by atoms with E-state index in [9.17, 15) is 4.79 Å². The number of esters is 1. The van der Waals surface area contributed by atoms with Crippen LogP contribution in [-0.4, -0.2) is 12.6 Å². The molecule has 0 saturated carbocycles. The number of rotatable bonds is 5. The molecule has 0 unspecified atom stereocenters. The Labute approximate surface area is 95.0 Å². The Morgan fingerprint density at radius 2 is 2.06 bits per heavy atom. The van der Waals surface area contributed by atoms with E-state index in [0.29, 0.717) is 11.3 Å². The molecule has 1 aromatic carbocycles. The third-order valence-electron chi connectivity index (χ3n) is 1.77. The summed E-state index contributed by atoms with van der Waals surface area (Å²) in [5.41, 5.74) is 0.408. The number of ether oxygens (including phenoxy) is 2. The lowest BCUT2D eigenvalue weighted by Gasteiger charge is -2.03. The molecule has 0 saturated heterocycles. The van der Waals surface area contributed by atoms with E-state index in [1.165, 1.54) is 12.3 Å². The molecule has 0 aliphatic carbocycles. The predicted octanol–water partition coefficient (Wildman–Crippen LogP) is 2.70. The van der Waals surface area contributed by atoms with Gasteiger partial charge in [0, 0.05) is 0 Å². The van der Waals surface area contributed by atoms with Crippen LogP contribution >= 0.6 is 0 Å². The minimum Gasteiger partial charge on any atom is -0.464 e. The monoisotopic (exact) mass is 218 g/mol. The van der Waals surface area contributed by atoms with Gasteiger partial charge in [-0.1, -0.05) is 30.9 Å². The number of hydrogen-bond acceptors (Lipinski definition) is 3. The topological polar surface area (TPSA) is 35.5 Å². The second kappa shape index (κ2) is 6.45. The van der Waals surface area contributed by atoms with Gasteiger partial charge in [-0.15, -0.1) is 0 Å². The van der Waals surface area contributed by atoms with Crippen LogP contribution in [0.5, 0.6) is 5.75 Å². The molecule has 0 N–H and O–H groups in total. The zero-order valence-corrected chi connectivity index (χ0v) is 9.18. The zero-order chi connectivity index (χ0) is 11.8. The number of benzene rings is 1. The van der Waals surface area contributed by atoms with Gasteiger partial charge in [0.25, 0.3) is 0 Å². The number of hydrogen-bond donors (Lipinski definition) is 0. The van der Waals surface area contributed by atoms with Gasteiger partial charge in [-0.2, -0.15) is 0 Å². The normalized spacial score (nSPS) is 10.7. The quantitative estimate of drug-likeness (QED) is 0.330. The summed E-state index contributed by atoms with van der Waals surface area (Å²) < 4.78 is 10.1. The van der Waals surface area contributed by atoms with Crippen molar-refractivity contribution < 1.29 is 14.3 Å². The van der Waals surface area contributed by atoms with Gasteiger partial charge in [0.05, 0.1) is 5.57 Å². The van der Waals surface area contributed by atoms with Gasteiger partial charge in [-0.25, -0.2) is 4.79 Å². The number of carbonyl (C=O) groups excluding carboxylic acids is 1. The van der Waals surface area contributed by atoms with E-state index in [0.717, 1.165) is 0 Å². The summed E-state index contributed by atoms with van der Waals surface area (Å²) in [5.74, 6) is 0.272. The average molecular weight is 218 g/mol. The van der Waals surface area contributed by atoms with Gasteiger partial charge in [0.1, 0.15) is 18.6 Å². The molecule has 16 heavy (non-hydrogen) atoms. The molecule has 0 aromatic heterocycles. The summed E-state index contributed by atoms with van der Waals surface area (Å²) in [6.45, 7) is 5.29. The molecular weight excluding hydrogens is 204 g/mol. The molecule has 3 heteroatoms. The fraction of sp³-hybridized carbons (Fsp3) is 0.154. The molecule has 0 amide bonds. The maximum absolute atomic E-state index is 11.3.